The van der Waals surface area contributed by atoms with Crippen LogP contribution >= 0.6 is 0 Å². The standard InChI is InChI=1S/C14H21NO5S/c16-12(8-15-4-2-1-3-5-15)19-13-9-6-10-11(7-9)21(17,18)20-14(10)13/h9-11,13-14H,1-8H2. The van der Waals surface area contributed by atoms with Gasteiger partial charge in [-0.1, -0.05) is 6.42 Å². The molecule has 0 radical (unpaired) electrons. The first-order valence-electron chi connectivity index (χ1n) is 7.88. The van der Waals surface area contributed by atoms with E-state index >= 15 is 0 Å². The van der Waals surface area contributed by atoms with Crippen LogP contribution in [-0.4, -0.2) is 56.4 Å². The van der Waals surface area contributed by atoms with Crippen LogP contribution in [0.1, 0.15) is 32.1 Å². The summed E-state index contributed by atoms with van der Waals surface area (Å²) in [6, 6.07) is 0. The number of rotatable bonds is 3. The van der Waals surface area contributed by atoms with Crippen LogP contribution in [0.4, 0.5) is 0 Å². The lowest BCUT2D eigenvalue weighted by atomic mass is 9.94. The van der Waals surface area contributed by atoms with E-state index in [0.717, 1.165) is 32.4 Å². The van der Waals surface area contributed by atoms with Crippen molar-refractivity contribution in [2.24, 2.45) is 11.8 Å². The van der Waals surface area contributed by atoms with Crippen LogP contribution in [0.2, 0.25) is 0 Å². The summed E-state index contributed by atoms with van der Waals surface area (Å²) in [4.78, 5) is 14.2. The van der Waals surface area contributed by atoms with Gasteiger partial charge in [-0.25, -0.2) is 0 Å². The van der Waals surface area contributed by atoms with Gasteiger partial charge in [0, 0.05) is 11.8 Å². The molecule has 2 aliphatic carbocycles. The molecule has 0 aromatic heterocycles. The summed E-state index contributed by atoms with van der Waals surface area (Å²) in [5.41, 5.74) is 0. The molecule has 0 spiro atoms. The third-order valence-corrected chi connectivity index (χ3v) is 7.26. The minimum atomic E-state index is -3.43. The Morgan fingerprint density at radius 2 is 1.95 bits per heavy atom. The van der Waals surface area contributed by atoms with Crippen LogP contribution in [0.3, 0.4) is 0 Å². The fraction of sp³-hybridized carbons (Fsp3) is 0.929. The molecule has 5 unspecified atom stereocenters. The third-order valence-electron chi connectivity index (χ3n) is 5.48. The van der Waals surface area contributed by atoms with Gasteiger partial charge in [-0.05, 0) is 38.8 Å². The predicted molar refractivity (Wildman–Crippen MR) is 74.0 cm³/mol. The highest BCUT2D eigenvalue weighted by molar-refractivity contribution is 7.87. The van der Waals surface area contributed by atoms with E-state index in [1.165, 1.54) is 6.42 Å². The van der Waals surface area contributed by atoms with Gasteiger partial charge in [0.05, 0.1) is 11.8 Å². The van der Waals surface area contributed by atoms with Gasteiger partial charge < -0.3 is 4.74 Å². The summed E-state index contributed by atoms with van der Waals surface area (Å²) in [7, 11) is -3.43. The minimum absolute atomic E-state index is 0.0350. The Morgan fingerprint density at radius 1 is 1.19 bits per heavy atom. The average molecular weight is 315 g/mol. The topological polar surface area (TPSA) is 72.9 Å². The first kappa shape index (κ1) is 14.0. The highest BCUT2D eigenvalue weighted by Gasteiger charge is 2.65. The minimum Gasteiger partial charge on any atom is -0.458 e. The monoisotopic (exact) mass is 315 g/mol. The molecular formula is C14H21NO5S. The number of nitrogens with zero attached hydrogens (tertiary/aromatic N) is 1. The van der Waals surface area contributed by atoms with Crippen molar-refractivity contribution < 1.29 is 22.1 Å². The Hall–Kier alpha value is -0.660. The maximum Gasteiger partial charge on any atom is 0.320 e. The number of piperidine rings is 1. The molecule has 0 aromatic carbocycles. The van der Waals surface area contributed by atoms with Crippen LogP contribution in [0, 0.1) is 11.8 Å². The van der Waals surface area contributed by atoms with Gasteiger partial charge in [0.1, 0.15) is 12.2 Å². The highest BCUT2D eigenvalue weighted by Crippen LogP contribution is 2.55. The molecule has 6 nitrogen and oxygen atoms in total. The third kappa shape index (κ3) is 2.29. The van der Waals surface area contributed by atoms with Crippen molar-refractivity contribution in [3.05, 3.63) is 0 Å². The first-order chi connectivity index (χ1) is 10.0. The van der Waals surface area contributed by atoms with Gasteiger partial charge in [-0.2, -0.15) is 8.42 Å². The second kappa shape index (κ2) is 4.93. The summed E-state index contributed by atoms with van der Waals surface area (Å²) in [5.74, 6) is -0.0423. The molecule has 0 aromatic rings. The van der Waals surface area contributed by atoms with Gasteiger partial charge in [-0.15, -0.1) is 0 Å². The molecule has 4 rings (SSSR count). The van der Waals surface area contributed by atoms with Crippen molar-refractivity contribution in [3.8, 4) is 0 Å². The number of carbonyl (C=O) groups is 1. The number of carbonyl (C=O) groups excluding carboxylic acids is 1. The summed E-state index contributed by atoms with van der Waals surface area (Å²) in [6.45, 7) is 2.21. The van der Waals surface area contributed by atoms with E-state index in [2.05, 4.69) is 4.90 Å². The lowest BCUT2D eigenvalue weighted by molar-refractivity contribution is -0.157. The Kier molecular flexibility index (Phi) is 3.28. The number of hydrogen-bond donors (Lipinski definition) is 0. The highest BCUT2D eigenvalue weighted by atomic mass is 32.2. The molecule has 21 heavy (non-hydrogen) atoms. The Balaban J connectivity index is 1.39. The maximum atomic E-state index is 12.1. The van der Waals surface area contributed by atoms with Gasteiger partial charge in [-0.3, -0.25) is 13.9 Å². The zero-order valence-corrected chi connectivity index (χ0v) is 12.8. The number of esters is 1. The van der Waals surface area contributed by atoms with Crippen LogP contribution in [0.15, 0.2) is 0 Å². The fourth-order valence-corrected chi connectivity index (χ4v) is 6.41. The van der Waals surface area contributed by atoms with Crippen molar-refractivity contribution in [1.29, 1.82) is 0 Å². The fourth-order valence-electron chi connectivity index (χ4n) is 4.53. The quantitative estimate of drug-likeness (QED) is 0.558. The predicted octanol–water partition coefficient (Wildman–Crippen LogP) is 0.521. The lowest BCUT2D eigenvalue weighted by Gasteiger charge is -2.28. The van der Waals surface area contributed by atoms with Crippen LogP contribution in [0.25, 0.3) is 0 Å². The SMILES string of the molecule is O=C(CN1CCCCC1)OC1C2CC3C1OS(=O)(=O)C3C2. The molecule has 4 fully saturated rings. The van der Waals surface area contributed by atoms with E-state index in [4.69, 9.17) is 8.92 Å². The van der Waals surface area contributed by atoms with Crippen LogP contribution in [-0.2, 0) is 23.8 Å². The molecule has 0 N–H and O–H groups in total. The molecule has 118 valence electrons. The number of likely N-dealkylation sites (tertiary alicyclic amines) is 1. The van der Waals surface area contributed by atoms with Gasteiger partial charge in [0.25, 0.3) is 10.1 Å². The number of ether oxygens (including phenoxy) is 1. The molecular weight excluding hydrogens is 294 g/mol. The molecule has 2 saturated carbocycles. The van der Waals surface area contributed by atoms with Crippen LogP contribution < -0.4 is 0 Å². The second-order valence-corrected chi connectivity index (χ2v) is 8.56. The Morgan fingerprint density at radius 3 is 2.71 bits per heavy atom. The van der Waals surface area contributed by atoms with E-state index in [-0.39, 0.29) is 29.2 Å². The largest absolute Gasteiger partial charge is 0.458 e. The molecule has 4 aliphatic rings. The molecule has 2 saturated heterocycles. The van der Waals surface area contributed by atoms with Crippen molar-refractivity contribution >= 4 is 16.1 Å². The molecule has 2 aliphatic heterocycles. The van der Waals surface area contributed by atoms with E-state index in [9.17, 15) is 13.2 Å². The first-order valence-corrected chi connectivity index (χ1v) is 9.36. The Labute approximate surface area is 124 Å². The molecule has 0 amide bonds. The average Bonchev–Trinajstić information content (AvgIpc) is 3.04. The van der Waals surface area contributed by atoms with E-state index in [1.54, 1.807) is 0 Å². The van der Waals surface area contributed by atoms with Gasteiger partial charge >= 0.3 is 5.97 Å². The van der Waals surface area contributed by atoms with Crippen molar-refractivity contribution in [2.45, 2.75) is 49.6 Å². The second-order valence-electron chi connectivity index (χ2n) is 6.78. The maximum absolute atomic E-state index is 12.1. The molecule has 2 heterocycles. The molecule has 7 heteroatoms. The van der Waals surface area contributed by atoms with Gasteiger partial charge in [0.2, 0.25) is 0 Å². The Bertz CT molecular complexity index is 542. The zero-order chi connectivity index (χ0) is 14.6. The van der Waals surface area contributed by atoms with Gasteiger partial charge in [0.15, 0.2) is 0 Å². The molecule has 2 bridgehead atoms. The number of fused-ring (bicyclic) bond motifs is 1. The van der Waals surface area contributed by atoms with E-state index < -0.39 is 16.2 Å². The zero-order valence-electron chi connectivity index (χ0n) is 11.9. The lowest BCUT2D eigenvalue weighted by Crippen LogP contribution is -2.41. The summed E-state index contributed by atoms with van der Waals surface area (Å²) in [6.07, 6.45) is 4.11. The van der Waals surface area contributed by atoms with Crippen molar-refractivity contribution in [3.63, 3.8) is 0 Å². The van der Waals surface area contributed by atoms with E-state index in [0.29, 0.717) is 13.0 Å². The summed E-state index contributed by atoms with van der Waals surface area (Å²) >= 11 is 0. The van der Waals surface area contributed by atoms with Crippen LogP contribution in [0.5, 0.6) is 0 Å². The van der Waals surface area contributed by atoms with Crippen molar-refractivity contribution in [1.82, 2.24) is 4.90 Å². The normalized spacial score (nSPS) is 44.1. The smallest absolute Gasteiger partial charge is 0.320 e. The number of hydrogen-bond acceptors (Lipinski definition) is 6. The molecule has 5 atom stereocenters. The van der Waals surface area contributed by atoms with Crippen molar-refractivity contribution in [2.75, 3.05) is 19.6 Å². The summed E-state index contributed by atoms with van der Waals surface area (Å²) in [5, 5.41) is -0.357. The summed E-state index contributed by atoms with van der Waals surface area (Å²) < 4.78 is 34.5. The van der Waals surface area contributed by atoms with E-state index in [1.807, 2.05) is 0 Å².